The van der Waals surface area contributed by atoms with Gasteiger partial charge in [-0.1, -0.05) is 292 Å². The number of nitrogens with zero attached hydrogens (tertiary/aromatic N) is 2. The third kappa shape index (κ3) is 10.3. The zero-order valence-corrected chi connectivity index (χ0v) is 52.6. The Kier molecular flexibility index (Phi) is 14.2. The molecule has 2 aliphatic heterocycles. The molecule has 14 rings (SSSR count). The van der Waals surface area contributed by atoms with Crippen molar-refractivity contribution in [1.29, 1.82) is 0 Å². The molecule has 2 aliphatic rings. The number of hydrogen-bond acceptors (Lipinski definition) is 2. The van der Waals surface area contributed by atoms with E-state index in [4.69, 9.17) is 11.6 Å². The van der Waals surface area contributed by atoms with Gasteiger partial charge in [-0.2, -0.15) is 0 Å². The predicted octanol–water partition coefficient (Wildman–Crippen LogP) is 22.0. The van der Waals surface area contributed by atoms with Gasteiger partial charge in [0, 0.05) is 50.0 Å². The minimum Gasteiger partial charge on any atom is -0.310 e. The molecule has 428 valence electrons. The first-order chi connectivity index (χ1) is 42.5. The molecule has 88 heavy (non-hydrogen) atoms. The second-order valence-electron chi connectivity index (χ2n) is 27.1. The van der Waals surface area contributed by atoms with Crippen LogP contribution in [-0.4, -0.2) is 6.71 Å². The van der Waals surface area contributed by atoms with Crippen molar-refractivity contribution < 1.29 is 0 Å². The van der Waals surface area contributed by atoms with E-state index in [1.807, 2.05) is 0 Å². The fraction of sp³-hybridized carbons (Fsp3) is 0.143. The van der Waals surface area contributed by atoms with Crippen molar-refractivity contribution in [2.24, 2.45) is 0 Å². The van der Waals surface area contributed by atoms with Crippen LogP contribution < -0.4 is 26.2 Å². The normalized spacial score (nSPS) is 12.8. The summed E-state index contributed by atoms with van der Waals surface area (Å²) in [6, 6.07) is 102. The van der Waals surface area contributed by atoms with E-state index in [1.165, 1.54) is 44.2 Å². The second kappa shape index (κ2) is 22.1. The van der Waals surface area contributed by atoms with Crippen LogP contribution in [0, 0.1) is 0 Å². The Morgan fingerprint density at radius 3 is 0.920 bits per heavy atom. The zero-order valence-electron chi connectivity index (χ0n) is 51.8. The first kappa shape index (κ1) is 56.4. The third-order valence-corrected chi connectivity index (χ3v) is 18.4. The van der Waals surface area contributed by atoms with Crippen LogP contribution in [0.1, 0.15) is 79.0 Å². The van der Waals surface area contributed by atoms with Crippen molar-refractivity contribution in [3.63, 3.8) is 0 Å². The molecule has 0 N–H and O–H groups in total. The van der Waals surface area contributed by atoms with Gasteiger partial charge >= 0.3 is 0 Å². The smallest absolute Gasteiger partial charge is 0.252 e. The summed E-state index contributed by atoms with van der Waals surface area (Å²) in [5.74, 6) is 0. The number of benzene rings is 12. The molecule has 0 aliphatic carbocycles. The van der Waals surface area contributed by atoms with Gasteiger partial charge in [0.05, 0.1) is 11.4 Å². The van der Waals surface area contributed by atoms with Gasteiger partial charge in [0.15, 0.2) is 0 Å². The minimum absolute atomic E-state index is 0.0772. The van der Waals surface area contributed by atoms with Gasteiger partial charge < -0.3 is 9.80 Å². The van der Waals surface area contributed by atoms with Gasteiger partial charge in [-0.3, -0.25) is 0 Å². The minimum atomic E-state index is -0.296. The van der Waals surface area contributed by atoms with Crippen molar-refractivity contribution in [3.8, 4) is 77.9 Å². The summed E-state index contributed by atoms with van der Waals surface area (Å²) in [5.41, 5.74) is 29.8. The maximum absolute atomic E-state index is 7.47. The number of hydrogen-bond donors (Lipinski definition) is 0. The lowest BCUT2D eigenvalue weighted by Crippen LogP contribution is -2.61. The van der Waals surface area contributed by atoms with Crippen LogP contribution in [0.3, 0.4) is 0 Å². The van der Waals surface area contributed by atoms with Crippen LogP contribution in [0.4, 0.5) is 34.1 Å². The molecule has 0 saturated carbocycles. The van der Waals surface area contributed by atoms with Crippen LogP contribution in [0.2, 0.25) is 5.02 Å². The number of halogens is 1. The average Bonchev–Trinajstić information content (AvgIpc) is 0.718. The van der Waals surface area contributed by atoms with Gasteiger partial charge in [-0.25, -0.2) is 0 Å². The Bertz CT molecular complexity index is 4440. The topological polar surface area (TPSA) is 6.48 Å². The summed E-state index contributed by atoms with van der Waals surface area (Å²) in [7, 11) is 0. The maximum Gasteiger partial charge on any atom is 0.252 e. The summed E-state index contributed by atoms with van der Waals surface area (Å²) in [4.78, 5) is 5.29. The van der Waals surface area contributed by atoms with E-state index in [-0.39, 0.29) is 23.0 Å². The molecule has 0 spiro atoms. The van der Waals surface area contributed by atoms with Crippen molar-refractivity contribution in [3.05, 3.63) is 295 Å². The molecule has 2 heterocycles. The van der Waals surface area contributed by atoms with Crippen LogP contribution in [0.15, 0.2) is 273 Å². The van der Waals surface area contributed by atoms with Gasteiger partial charge in [-0.15, -0.1) is 0 Å². The molecule has 12 aromatic rings. The molecule has 0 saturated heterocycles. The Morgan fingerprint density at radius 2 is 0.568 bits per heavy atom. The number of fused-ring (bicyclic) bond motifs is 4. The van der Waals surface area contributed by atoms with E-state index >= 15 is 0 Å². The maximum atomic E-state index is 7.47. The monoisotopic (exact) mass is 1150 g/mol. The molecule has 0 radical (unpaired) electrons. The Hall–Kier alpha value is -9.41. The lowest BCUT2D eigenvalue weighted by Gasteiger charge is -2.46. The van der Waals surface area contributed by atoms with E-state index in [2.05, 4.69) is 345 Å². The van der Waals surface area contributed by atoms with E-state index in [0.717, 1.165) is 101 Å². The van der Waals surface area contributed by atoms with E-state index in [9.17, 15) is 0 Å². The van der Waals surface area contributed by atoms with Crippen molar-refractivity contribution in [1.82, 2.24) is 0 Å². The lowest BCUT2D eigenvalue weighted by atomic mass is 9.33. The molecule has 4 heteroatoms. The van der Waals surface area contributed by atoms with Crippen molar-refractivity contribution in [2.75, 3.05) is 9.80 Å². The largest absolute Gasteiger partial charge is 0.310 e. The van der Waals surface area contributed by atoms with E-state index in [0.29, 0.717) is 5.02 Å². The summed E-state index contributed by atoms with van der Waals surface area (Å²) in [6.45, 7) is 20.9. The molecule has 2 nitrogen and oxygen atoms in total. The lowest BCUT2D eigenvalue weighted by molar-refractivity contribution is 0.569. The first-order valence-corrected chi connectivity index (χ1v) is 31.4. The van der Waals surface area contributed by atoms with E-state index < -0.39 is 0 Å². The highest BCUT2D eigenvalue weighted by molar-refractivity contribution is 7.00. The molecule has 0 fully saturated rings. The predicted molar refractivity (Wildman–Crippen MR) is 380 cm³/mol. The number of rotatable bonds is 9. The van der Waals surface area contributed by atoms with Gasteiger partial charge in [0.1, 0.15) is 0 Å². The van der Waals surface area contributed by atoms with Gasteiger partial charge in [0.25, 0.3) is 6.71 Å². The van der Waals surface area contributed by atoms with Gasteiger partial charge in [-0.05, 0) is 160 Å². The van der Waals surface area contributed by atoms with Crippen LogP contribution in [0.25, 0.3) is 77.9 Å². The Labute approximate surface area is 526 Å². The SMILES string of the molecule is CC(C)(C)c1cc(-c2ccc3c(c2)N(c2c(-c4ccccc4)cc(-c4ccccc4)cc2-c2ccccc2)c2cc(C(C)(C)C)cc4c2B3c2ccc(Cl)cc2N4c2c(-c3ccccc3)cc(-c3ccccc3)cc2-c2ccccc2)cc(C(C)(C)C)c1. The van der Waals surface area contributed by atoms with Crippen LogP contribution in [0.5, 0.6) is 0 Å². The number of anilines is 6. The molecule has 0 amide bonds. The van der Waals surface area contributed by atoms with E-state index in [1.54, 1.807) is 0 Å². The quantitative estimate of drug-likeness (QED) is 0.133. The van der Waals surface area contributed by atoms with Crippen LogP contribution in [-0.2, 0) is 16.2 Å². The first-order valence-electron chi connectivity index (χ1n) is 31.0. The molecule has 12 aromatic carbocycles. The second-order valence-corrected chi connectivity index (χ2v) is 27.5. The molecule has 0 unspecified atom stereocenters. The molecular formula is C84H72BClN2. The zero-order chi connectivity index (χ0) is 60.6. The molecule has 0 atom stereocenters. The molecule has 0 bridgehead atoms. The molecule has 0 aromatic heterocycles. The fourth-order valence-corrected chi connectivity index (χ4v) is 13.6. The highest BCUT2D eigenvalue weighted by atomic mass is 35.5. The van der Waals surface area contributed by atoms with Crippen molar-refractivity contribution >= 4 is 68.8 Å². The van der Waals surface area contributed by atoms with Crippen molar-refractivity contribution in [2.45, 2.75) is 78.6 Å². The Morgan fingerprint density at radius 1 is 0.261 bits per heavy atom. The summed E-state index contributed by atoms with van der Waals surface area (Å²) < 4.78 is 0. The third-order valence-electron chi connectivity index (χ3n) is 18.1. The summed E-state index contributed by atoms with van der Waals surface area (Å²) >= 11 is 7.47. The highest BCUT2D eigenvalue weighted by Crippen LogP contribution is 2.55. The van der Waals surface area contributed by atoms with Crippen LogP contribution >= 0.6 is 11.6 Å². The summed E-state index contributed by atoms with van der Waals surface area (Å²) in [5, 5.41) is 0.683. The average molecular weight is 1160 g/mol. The summed E-state index contributed by atoms with van der Waals surface area (Å²) in [6.07, 6.45) is 0. The highest BCUT2D eigenvalue weighted by Gasteiger charge is 2.46. The standard InChI is InChI=1S/C84H72BClN2/c1-82(2,3)65-44-62(45-66(51-65)83(4,5)6)61-40-42-73-75(50-61)87(80-69(57-32-20-12-21-33-57)46-63(55-28-16-10-17-29-55)47-70(80)58-34-22-13-23-35-58)77-52-67(84(7,8)9)53-78-79(77)85(73)74-43-41-68(86)54-76(74)88(78)81-71(59-36-24-14-25-37-59)48-64(56-30-18-11-19-31-56)49-72(81)60-38-26-15-27-39-60/h10-54H,1-9H3. The molecular weight excluding hydrogens is 1080 g/mol. The Balaban J connectivity index is 1.17. The van der Waals surface area contributed by atoms with Gasteiger partial charge in [0.2, 0.25) is 0 Å². The fourth-order valence-electron chi connectivity index (χ4n) is 13.4.